The van der Waals surface area contributed by atoms with E-state index in [1.807, 2.05) is 6.07 Å². The lowest BCUT2D eigenvalue weighted by Crippen LogP contribution is -2.32. The van der Waals surface area contributed by atoms with Gasteiger partial charge in [0, 0.05) is 11.5 Å². The molecule has 3 aromatic rings. The van der Waals surface area contributed by atoms with E-state index in [-0.39, 0.29) is 11.6 Å². The number of fused-ring (bicyclic) bond motifs is 1. The molecule has 0 bridgehead atoms. The summed E-state index contributed by atoms with van der Waals surface area (Å²) < 4.78 is 32.3. The third-order valence-electron chi connectivity index (χ3n) is 3.68. The van der Waals surface area contributed by atoms with Gasteiger partial charge in [0.15, 0.2) is 0 Å². The molecule has 0 aliphatic rings. The fraction of sp³-hybridized carbons (Fsp3) is 0.167. The Bertz CT molecular complexity index is 1010. The van der Waals surface area contributed by atoms with E-state index in [1.54, 1.807) is 48.5 Å². The standard InChI is InChI=1S/C18H18N2O4S/c1-13(19)18(21)24-17-11-15-9-5-6-10-16(15)20(17)25(22,23)12-14-7-3-2-4-8-14/h2-11,13H,12,19H2,1H3/t13-/m0/s1. The summed E-state index contributed by atoms with van der Waals surface area (Å²) in [5.41, 5.74) is 6.62. The van der Waals surface area contributed by atoms with E-state index in [0.29, 0.717) is 16.5 Å². The van der Waals surface area contributed by atoms with Gasteiger partial charge in [0.25, 0.3) is 0 Å². The number of rotatable bonds is 5. The highest BCUT2D eigenvalue weighted by molar-refractivity contribution is 7.89. The predicted molar refractivity (Wildman–Crippen MR) is 95.7 cm³/mol. The Balaban J connectivity index is 2.11. The number of hydrogen-bond acceptors (Lipinski definition) is 5. The number of aromatic nitrogens is 1. The minimum Gasteiger partial charge on any atom is -0.407 e. The Kier molecular flexibility index (Phi) is 4.61. The second-order valence-corrected chi connectivity index (χ2v) is 7.58. The van der Waals surface area contributed by atoms with Gasteiger partial charge in [0.2, 0.25) is 15.9 Å². The normalized spacial score (nSPS) is 12.9. The van der Waals surface area contributed by atoms with E-state index in [2.05, 4.69) is 0 Å². The lowest BCUT2D eigenvalue weighted by Gasteiger charge is -2.12. The van der Waals surface area contributed by atoms with E-state index < -0.39 is 22.0 Å². The summed E-state index contributed by atoms with van der Waals surface area (Å²) in [6.45, 7) is 1.48. The second-order valence-electron chi connectivity index (χ2n) is 5.76. The topological polar surface area (TPSA) is 91.4 Å². The molecule has 0 radical (unpaired) electrons. The minimum atomic E-state index is -3.80. The Labute approximate surface area is 145 Å². The average Bonchev–Trinajstić information content (AvgIpc) is 2.93. The van der Waals surface area contributed by atoms with Crippen LogP contribution in [0.25, 0.3) is 10.9 Å². The van der Waals surface area contributed by atoms with E-state index in [0.717, 1.165) is 3.97 Å². The fourth-order valence-electron chi connectivity index (χ4n) is 2.51. The molecule has 25 heavy (non-hydrogen) atoms. The maximum absolute atomic E-state index is 13.0. The van der Waals surface area contributed by atoms with Crippen LogP contribution in [0.1, 0.15) is 12.5 Å². The van der Waals surface area contributed by atoms with Gasteiger partial charge in [-0.05, 0) is 18.6 Å². The molecule has 2 N–H and O–H groups in total. The molecule has 0 saturated carbocycles. The van der Waals surface area contributed by atoms with Crippen molar-refractivity contribution < 1.29 is 17.9 Å². The van der Waals surface area contributed by atoms with Crippen LogP contribution in [0.4, 0.5) is 0 Å². The second kappa shape index (κ2) is 6.70. The Morgan fingerprint density at radius 1 is 1.12 bits per heavy atom. The quantitative estimate of drug-likeness (QED) is 0.707. The summed E-state index contributed by atoms with van der Waals surface area (Å²) in [5.74, 6) is -0.965. The van der Waals surface area contributed by atoms with Gasteiger partial charge in [0.1, 0.15) is 6.04 Å². The van der Waals surface area contributed by atoms with Crippen molar-refractivity contribution in [2.45, 2.75) is 18.7 Å². The zero-order chi connectivity index (χ0) is 18.0. The maximum Gasteiger partial charge on any atom is 0.329 e. The smallest absolute Gasteiger partial charge is 0.329 e. The molecule has 1 aromatic heterocycles. The number of para-hydroxylation sites is 1. The van der Waals surface area contributed by atoms with Crippen molar-refractivity contribution >= 4 is 26.9 Å². The molecule has 6 nitrogen and oxygen atoms in total. The lowest BCUT2D eigenvalue weighted by atomic mass is 10.2. The van der Waals surface area contributed by atoms with Crippen LogP contribution in [0.5, 0.6) is 5.88 Å². The fourth-order valence-corrected chi connectivity index (χ4v) is 4.08. The van der Waals surface area contributed by atoms with Crippen LogP contribution in [0.2, 0.25) is 0 Å². The lowest BCUT2D eigenvalue weighted by molar-refractivity contribution is -0.135. The highest BCUT2D eigenvalue weighted by Gasteiger charge is 2.24. The van der Waals surface area contributed by atoms with E-state index in [9.17, 15) is 13.2 Å². The first kappa shape index (κ1) is 17.2. The molecular weight excluding hydrogens is 340 g/mol. The number of nitrogens with two attached hydrogens (primary N) is 1. The van der Waals surface area contributed by atoms with Crippen molar-refractivity contribution in [2.75, 3.05) is 0 Å². The molecule has 0 aliphatic carbocycles. The Morgan fingerprint density at radius 3 is 2.44 bits per heavy atom. The number of carbonyl (C=O) groups excluding carboxylic acids is 1. The summed E-state index contributed by atoms with van der Waals surface area (Å²) in [5, 5.41) is 0.659. The molecular formula is C18H18N2O4S. The maximum atomic E-state index is 13.0. The molecule has 0 saturated heterocycles. The molecule has 7 heteroatoms. The number of hydrogen-bond donors (Lipinski definition) is 1. The van der Waals surface area contributed by atoms with Crippen LogP contribution in [-0.2, 0) is 20.6 Å². The van der Waals surface area contributed by atoms with Gasteiger partial charge in [-0.3, -0.25) is 0 Å². The molecule has 0 fully saturated rings. The summed E-state index contributed by atoms with van der Waals surface area (Å²) in [4.78, 5) is 11.9. The minimum absolute atomic E-state index is 0.0561. The molecule has 1 atom stereocenters. The zero-order valence-corrected chi connectivity index (χ0v) is 14.4. The van der Waals surface area contributed by atoms with Crippen molar-refractivity contribution in [3.05, 3.63) is 66.2 Å². The van der Waals surface area contributed by atoms with Gasteiger partial charge in [-0.1, -0.05) is 48.5 Å². The molecule has 0 unspecified atom stereocenters. The van der Waals surface area contributed by atoms with Crippen LogP contribution in [0.15, 0.2) is 60.7 Å². The number of benzene rings is 2. The van der Waals surface area contributed by atoms with Crippen molar-refractivity contribution in [2.24, 2.45) is 5.73 Å². The molecule has 1 heterocycles. The largest absolute Gasteiger partial charge is 0.407 e. The highest BCUT2D eigenvalue weighted by Crippen LogP contribution is 2.29. The summed E-state index contributed by atoms with van der Waals surface area (Å²) >= 11 is 0. The Morgan fingerprint density at radius 2 is 1.76 bits per heavy atom. The third kappa shape index (κ3) is 3.57. The van der Waals surface area contributed by atoms with Crippen molar-refractivity contribution in [1.82, 2.24) is 3.97 Å². The Hall–Kier alpha value is -2.64. The van der Waals surface area contributed by atoms with Crippen molar-refractivity contribution in [1.29, 1.82) is 0 Å². The summed E-state index contributed by atoms with van der Waals surface area (Å²) in [6, 6.07) is 16.4. The van der Waals surface area contributed by atoms with Crippen molar-refractivity contribution in [3.63, 3.8) is 0 Å². The van der Waals surface area contributed by atoms with Crippen LogP contribution < -0.4 is 10.5 Å². The van der Waals surface area contributed by atoms with Crippen LogP contribution in [0.3, 0.4) is 0 Å². The van der Waals surface area contributed by atoms with Gasteiger partial charge < -0.3 is 10.5 Å². The number of esters is 1. The average molecular weight is 358 g/mol. The van der Waals surface area contributed by atoms with Crippen LogP contribution in [-0.4, -0.2) is 24.4 Å². The van der Waals surface area contributed by atoms with Gasteiger partial charge in [-0.15, -0.1) is 0 Å². The highest BCUT2D eigenvalue weighted by atomic mass is 32.2. The van der Waals surface area contributed by atoms with Crippen LogP contribution >= 0.6 is 0 Å². The van der Waals surface area contributed by atoms with Gasteiger partial charge in [-0.2, -0.15) is 0 Å². The van der Waals surface area contributed by atoms with E-state index >= 15 is 0 Å². The van der Waals surface area contributed by atoms with Gasteiger partial charge in [0.05, 0.1) is 11.3 Å². The number of carbonyl (C=O) groups is 1. The molecule has 130 valence electrons. The first-order chi connectivity index (χ1) is 11.9. The molecule has 0 spiro atoms. The molecule has 0 aliphatic heterocycles. The molecule has 3 rings (SSSR count). The molecule has 0 amide bonds. The third-order valence-corrected chi connectivity index (χ3v) is 5.31. The number of ether oxygens (including phenoxy) is 1. The van der Waals surface area contributed by atoms with Gasteiger partial charge >= 0.3 is 5.97 Å². The van der Waals surface area contributed by atoms with Crippen molar-refractivity contribution in [3.8, 4) is 5.88 Å². The summed E-state index contributed by atoms with van der Waals surface area (Å²) in [6.07, 6.45) is 0. The predicted octanol–water partition coefficient (Wildman–Crippen LogP) is 2.27. The van der Waals surface area contributed by atoms with E-state index in [4.69, 9.17) is 10.5 Å². The first-order valence-corrected chi connectivity index (χ1v) is 9.34. The molecule has 2 aromatic carbocycles. The SMILES string of the molecule is C[C@H](N)C(=O)Oc1cc2ccccc2n1S(=O)(=O)Cc1ccccc1. The zero-order valence-electron chi connectivity index (χ0n) is 13.6. The summed E-state index contributed by atoms with van der Waals surface area (Å²) in [7, 11) is -3.80. The van der Waals surface area contributed by atoms with E-state index in [1.165, 1.54) is 13.0 Å². The van der Waals surface area contributed by atoms with Gasteiger partial charge in [-0.25, -0.2) is 17.2 Å². The monoisotopic (exact) mass is 358 g/mol. The number of nitrogens with zero attached hydrogens (tertiary/aromatic N) is 1. The first-order valence-electron chi connectivity index (χ1n) is 7.73. The van der Waals surface area contributed by atoms with Crippen LogP contribution in [0, 0.1) is 0 Å².